The number of halogens is 1. The zero-order valence-corrected chi connectivity index (χ0v) is 20.1. The molecule has 3 rings (SSSR count). The van der Waals surface area contributed by atoms with Crippen LogP contribution in [0.25, 0.3) is 0 Å². The summed E-state index contributed by atoms with van der Waals surface area (Å²) >= 11 is 0. The molecule has 0 heterocycles. The highest BCUT2D eigenvalue weighted by atomic mass is 19.1. The highest BCUT2D eigenvalue weighted by molar-refractivity contribution is 5.87. The number of ether oxygens (including phenoxy) is 3. The molecule has 0 saturated carbocycles. The zero-order chi connectivity index (χ0) is 25.8. The number of carbonyl (C=O) groups excluding carboxylic acids is 2. The van der Waals surface area contributed by atoms with Gasteiger partial charge in [0.1, 0.15) is 18.5 Å². The topological polar surface area (TPSA) is 98.2 Å². The van der Waals surface area contributed by atoms with Crippen molar-refractivity contribution in [3.05, 3.63) is 95.3 Å². The van der Waals surface area contributed by atoms with Gasteiger partial charge in [0.15, 0.2) is 11.5 Å². The molecule has 1 atom stereocenters. The first-order chi connectivity index (χ1) is 17.5. The van der Waals surface area contributed by atoms with Crippen LogP contribution in [0.4, 0.5) is 9.18 Å². The van der Waals surface area contributed by atoms with E-state index in [1.165, 1.54) is 25.5 Å². The van der Waals surface area contributed by atoms with E-state index in [1.54, 1.807) is 37.3 Å². The Hall–Kier alpha value is -4.40. The maximum Gasteiger partial charge on any atom is 0.407 e. The van der Waals surface area contributed by atoms with Crippen LogP contribution in [0, 0.1) is 5.82 Å². The van der Waals surface area contributed by atoms with Crippen molar-refractivity contribution in [3.63, 3.8) is 0 Å². The van der Waals surface area contributed by atoms with E-state index in [9.17, 15) is 14.0 Å². The van der Waals surface area contributed by atoms with Crippen LogP contribution in [0.1, 0.15) is 23.6 Å². The average molecular weight is 494 g/mol. The molecule has 0 bridgehead atoms. The second kappa shape index (κ2) is 13.5. The molecule has 0 radical (unpaired) electrons. The number of hydrogen-bond acceptors (Lipinski definition) is 6. The molecular formula is C27H28FN3O5. The molecule has 2 N–H and O–H groups in total. The number of benzene rings is 3. The normalized spacial score (nSPS) is 11.5. The standard InChI is InChI=1S/C27H28FN3O5/c1-3-35-27(33)30-23(15-19-8-5-4-6-9-19)26(32)31-29-17-20-12-13-24(25(16-20)34-2)36-18-21-10-7-11-22(28)14-21/h4-14,16-17,23H,3,15,18H2,1-2H3,(H,30,33)(H,31,32)/b29-17-/t23-/m0/s1. The summed E-state index contributed by atoms with van der Waals surface area (Å²) in [6.45, 7) is 2.05. The third-order valence-corrected chi connectivity index (χ3v) is 5.03. The van der Waals surface area contributed by atoms with E-state index in [2.05, 4.69) is 15.8 Å². The van der Waals surface area contributed by atoms with Gasteiger partial charge in [0.05, 0.1) is 19.9 Å². The van der Waals surface area contributed by atoms with Crippen LogP contribution >= 0.6 is 0 Å². The third-order valence-electron chi connectivity index (χ3n) is 5.03. The van der Waals surface area contributed by atoms with Gasteiger partial charge >= 0.3 is 6.09 Å². The Balaban J connectivity index is 1.63. The van der Waals surface area contributed by atoms with Crippen LogP contribution in [0.5, 0.6) is 11.5 Å². The van der Waals surface area contributed by atoms with E-state index in [1.807, 2.05) is 30.3 Å². The molecule has 0 aliphatic carbocycles. The minimum Gasteiger partial charge on any atom is -0.493 e. The molecule has 36 heavy (non-hydrogen) atoms. The summed E-state index contributed by atoms with van der Waals surface area (Å²) in [6, 6.07) is 19.7. The van der Waals surface area contributed by atoms with E-state index in [-0.39, 0.29) is 25.5 Å². The van der Waals surface area contributed by atoms with Gasteiger partial charge in [-0.3, -0.25) is 4.79 Å². The van der Waals surface area contributed by atoms with E-state index in [4.69, 9.17) is 14.2 Å². The van der Waals surface area contributed by atoms with Gasteiger partial charge in [-0.2, -0.15) is 5.10 Å². The first-order valence-electron chi connectivity index (χ1n) is 11.3. The quantitative estimate of drug-likeness (QED) is 0.308. The zero-order valence-electron chi connectivity index (χ0n) is 20.1. The van der Waals surface area contributed by atoms with Gasteiger partial charge in [0, 0.05) is 6.42 Å². The fraction of sp³-hybridized carbons (Fsp3) is 0.222. The molecule has 3 aromatic rings. The van der Waals surface area contributed by atoms with Crippen molar-refractivity contribution in [1.82, 2.24) is 10.7 Å². The Morgan fingerprint density at radius 1 is 1.00 bits per heavy atom. The summed E-state index contributed by atoms with van der Waals surface area (Å²) in [7, 11) is 1.50. The summed E-state index contributed by atoms with van der Waals surface area (Å²) in [5, 5.41) is 6.58. The van der Waals surface area contributed by atoms with E-state index < -0.39 is 18.0 Å². The SMILES string of the molecule is CCOC(=O)N[C@@H](Cc1ccccc1)C(=O)N/N=C\c1ccc(OCc2cccc(F)c2)c(OC)c1. The minimum absolute atomic E-state index is 0.174. The van der Waals surface area contributed by atoms with E-state index in [0.29, 0.717) is 22.6 Å². The van der Waals surface area contributed by atoms with Gasteiger partial charge in [0.25, 0.3) is 5.91 Å². The lowest BCUT2D eigenvalue weighted by Gasteiger charge is -2.16. The van der Waals surface area contributed by atoms with Crippen molar-refractivity contribution >= 4 is 18.2 Å². The fourth-order valence-electron chi connectivity index (χ4n) is 3.29. The maximum atomic E-state index is 13.4. The summed E-state index contributed by atoms with van der Waals surface area (Å²) in [5.41, 5.74) is 4.66. The molecule has 0 aliphatic rings. The van der Waals surface area contributed by atoms with Crippen LogP contribution in [-0.4, -0.2) is 38.0 Å². The predicted molar refractivity (Wildman–Crippen MR) is 134 cm³/mol. The first kappa shape index (κ1) is 26.2. The van der Waals surface area contributed by atoms with E-state index >= 15 is 0 Å². The molecule has 0 aromatic heterocycles. The third kappa shape index (κ3) is 8.12. The summed E-state index contributed by atoms with van der Waals surface area (Å²) in [4.78, 5) is 24.6. The van der Waals surface area contributed by atoms with Gasteiger partial charge < -0.3 is 19.5 Å². The van der Waals surface area contributed by atoms with Gasteiger partial charge in [0.2, 0.25) is 0 Å². The summed E-state index contributed by atoms with van der Waals surface area (Å²) < 4.78 is 29.4. The molecule has 188 valence electrons. The largest absolute Gasteiger partial charge is 0.493 e. The monoisotopic (exact) mass is 493 g/mol. The average Bonchev–Trinajstić information content (AvgIpc) is 2.88. The molecule has 0 aliphatic heterocycles. The molecule has 0 spiro atoms. The van der Waals surface area contributed by atoms with Crippen LogP contribution < -0.4 is 20.2 Å². The van der Waals surface area contributed by atoms with Crippen LogP contribution in [0.15, 0.2) is 77.9 Å². The van der Waals surface area contributed by atoms with Crippen LogP contribution in [0.3, 0.4) is 0 Å². The fourth-order valence-corrected chi connectivity index (χ4v) is 3.29. The second-order valence-electron chi connectivity index (χ2n) is 7.67. The number of methoxy groups -OCH3 is 1. The predicted octanol–water partition coefficient (Wildman–Crippen LogP) is 4.22. The number of hydrogen-bond donors (Lipinski definition) is 2. The van der Waals surface area contributed by atoms with Gasteiger partial charge in [-0.15, -0.1) is 0 Å². The number of nitrogens with zero attached hydrogens (tertiary/aromatic N) is 1. The number of carbonyl (C=O) groups is 2. The number of amides is 2. The number of alkyl carbamates (subject to hydrolysis) is 1. The maximum absolute atomic E-state index is 13.4. The molecule has 2 amide bonds. The van der Waals surface area contributed by atoms with Crippen molar-refractivity contribution in [2.45, 2.75) is 26.0 Å². The Labute approximate surface area is 209 Å². The smallest absolute Gasteiger partial charge is 0.407 e. The number of nitrogens with one attached hydrogen (secondary N) is 2. The molecule has 0 fully saturated rings. The molecule has 3 aromatic carbocycles. The van der Waals surface area contributed by atoms with Crippen molar-refractivity contribution in [1.29, 1.82) is 0 Å². The Morgan fingerprint density at radius 3 is 2.50 bits per heavy atom. The van der Waals surface area contributed by atoms with Crippen molar-refractivity contribution in [3.8, 4) is 11.5 Å². The summed E-state index contributed by atoms with van der Waals surface area (Å²) in [6.07, 6.45) is 1.03. The Bertz CT molecular complexity index is 1190. The molecular weight excluding hydrogens is 465 g/mol. The molecule has 0 unspecified atom stereocenters. The number of rotatable bonds is 11. The molecule has 0 saturated heterocycles. The lowest BCUT2D eigenvalue weighted by molar-refractivity contribution is -0.123. The Kier molecular flexibility index (Phi) is 9.81. The van der Waals surface area contributed by atoms with E-state index in [0.717, 1.165) is 5.56 Å². The van der Waals surface area contributed by atoms with Crippen molar-refractivity contribution < 1.29 is 28.2 Å². The highest BCUT2D eigenvalue weighted by Gasteiger charge is 2.21. The summed E-state index contributed by atoms with van der Waals surface area (Å²) in [5.74, 6) is 0.0995. The van der Waals surface area contributed by atoms with Crippen molar-refractivity contribution in [2.75, 3.05) is 13.7 Å². The van der Waals surface area contributed by atoms with Gasteiger partial charge in [-0.05, 0) is 53.9 Å². The molecule has 8 nitrogen and oxygen atoms in total. The highest BCUT2D eigenvalue weighted by Crippen LogP contribution is 2.28. The number of hydrazone groups is 1. The Morgan fingerprint density at radius 2 is 1.78 bits per heavy atom. The second-order valence-corrected chi connectivity index (χ2v) is 7.67. The molecule has 9 heteroatoms. The van der Waals surface area contributed by atoms with Crippen LogP contribution in [0.2, 0.25) is 0 Å². The van der Waals surface area contributed by atoms with Crippen LogP contribution in [-0.2, 0) is 22.6 Å². The lowest BCUT2D eigenvalue weighted by atomic mass is 10.1. The first-order valence-corrected chi connectivity index (χ1v) is 11.3. The van der Waals surface area contributed by atoms with Crippen molar-refractivity contribution in [2.24, 2.45) is 5.10 Å². The minimum atomic E-state index is -0.878. The van der Waals surface area contributed by atoms with Gasteiger partial charge in [-0.1, -0.05) is 42.5 Å². The van der Waals surface area contributed by atoms with Gasteiger partial charge in [-0.25, -0.2) is 14.6 Å². The lowest BCUT2D eigenvalue weighted by Crippen LogP contribution is -2.47.